The van der Waals surface area contributed by atoms with Crippen LogP contribution in [0.15, 0.2) is 27.6 Å². The first-order valence-corrected chi connectivity index (χ1v) is 9.19. The van der Waals surface area contributed by atoms with Gasteiger partial charge >= 0.3 is 0 Å². The molecule has 0 aliphatic carbocycles. The van der Waals surface area contributed by atoms with Crippen molar-refractivity contribution in [1.82, 2.24) is 4.90 Å². The van der Waals surface area contributed by atoms with Crippen molar-refractivity contribution in [2.75, 3.05) is 6.54 Å². The van der Waals surface area contributed by atoms with Crippen molar-refractivity contribution in [2.45, 2.75) is 37.6 Å². The summed E-state index contributed by atoms with van der Waals surface area (Å²) in [4.78, 5) is 14.4. The highest BCUT2D eigenvalue weighted by atomic mass is 79.9. The Bertz CT molecular complexity index is 658. The molecule has 0 saturated carbocycles. The van der Waals surface area contributed by atoms with Gasteiger partial charge in [0.05, 0.1) is 4.90 Å². The molecule has 1 unspecified atom stereocenters. The predicted molar refractivity (Wildman–Crippen MR) is 84.4 cm³/mol. The van der Waals surface area contributed by atoms with Gasteiger partial charge in [0.1, 0.15) is 0 Å². The molecule has 5 nitrogen and oxygen atoms in total. The van der Waals surface area contributed by atoms with Crippen LogP contribution in [0.4, 0.5) is 0 Å². The van der Waals surface area contributed by atoms with E-state index in [-0.39, 0.29) is 16.8 Å². The topological polar surface area (TPSA) is 80.5 Å². The van der Waals surface area contributed by atoms with Crippen LogP contribution >= 0.6 is 15.9 Å². The van der Waals surface area contributed by atoms with E-state index < -0.39 is 10.0 Å². The third kappa shape index (κ3) is 3.46. The van der Waals surface area contributed by atoms with Crippen molar-refractivity contribution in [3.63, 3.8) is 0 Å². The Morgan fingerprint density at radius 3 is 2.67 bits per heavy atom. The molecule has 1 aliphatic rings. The van der Waals surface area contributed by atoms with Crippen molar-refractivity contribution < 1.29 is 13.2 Å². The number of nitrogens with zero attached hydrogens (tertiary/aromatic N) is 1. The van der Waals surface area contributed by atoms with E-state index in [9.17, 15) is 13.2 Å². The second-order valence-corrected chi connectivity index (χ2v) is 8.03. The van der Waals surface area contributed by atoms with Crippen LogP contribution in [0.2, 0.25) is 0 Å². The molecule has 1 fully saturated rings. The molecule has 116 valence electrons. The van der Waals surface area contributed by atoms with Crippen LogP contribution in [-0.2, 0) is 10.0 Å². The Morgan fingerprint density at radius 2 is 2.10 bits per heavy atom. The van der Waals surface area contributed by atoms with Crippen molar-refractivity contribution in [3.05, 3.63) is 28.2 Å². The summed E-state index contributed by atoms with van der Waals surface area (Å²) in [5.74, 6) is 0.244. The number of rotatable bonds is 3. The van der Waals surface area contributed by atoms with Crippen LogP contribution in [0.1, 0.15) is 37.0 Å². The van der Waals surface area contributed by atoms with E-state index in [1.54, 1.807) is 12.1 Å². The second-order valence-electron chi connectivity index (χ2n) is 5.64. The van der Waals surface area contributed by atoms with Gasteiger partial charge in [-0.1, -0.05) is 13.8 Å². The molecule has 1 saturated heterocycles. The zero-order chi connectivity index (χ0) is 15.8. The number of sulfonamides is 1. The van der Waals surface area contributed by atoms with Gasteiger partial charge in [-0.2, -0.15) is 0 Å². The van der Waals surface area contributed by atoms with Gasteiger partial charge in [0.25, 0.3) is 5.91 Å². The van der Waals surface area contributed by atoms with Gasteiger partial charge in [0.2, 0.25) is 10.0 Å². The van der Waals surface area contributed by atoms with E-state index in [1.165, 1.54) is 6.07 Å². The smallest absolute Gasteiger partial charge is 0.254 e. The van der Waals surface area contributed by atoms with E-state index in [0.29, 0.717) is 22.5 Å². The molecule has 0 bridgehead atoms. The number of benzene rings is 1. The first-order chi connectivity index (χ1) is 9.71. The molecule has 0 aromatic heterocycles. The van der Waals surface area contributed by atoms with Crippen LogP contribution < -0.4 is 5.14 Å². The normalized spacial score (nSPS) is 19.3. The number of nitrogens with two attached hydrogens (primary N) is 1. The highest BCUT2D eigenvalue weighted by Crippen LogP contribution is 2.28. The maximum absolute atomic E-state index is 12.6. The molecule has 1 aromatic carbocycles. The Labute approximate surface area is 133 Å². The van der Waals surface area contributed by atoms with Gasteiger partial charge in [0, 0.05) is 22.6 Å². The third-order valence-electron chi connectivity index (χ3n) is 3.81. The van der Waals surface area contributed by atoms with Gasteiger partial charge < -0.3 is 4.90 Å². The minimum atomic E-state index is -3.86. The van der Waals surface area contributed by atoms with Crippen molar-refractivity contribution in [1.29, 1.82) is 0 Å². The fourth-order valence-electron chi connectivity index (χ4n) is 2.76. The maximum Gasteiger partial charge on any atom is 0.254 e. The fourth-order valence-corrected chi connectivity index (χ4v) is 4.31. The van der Waals surface area contributed by atoms with Crippen LogP contribution in [0.25, 0.3) is 0 Å². The van der Waals surface area contributed by atoms with E-state index in [0.717, 1.165) is 12.8 Å². The lowest BCUT2D eigenvalue weighted by atomic mass is 10.0. The monoisotopic (exact) mass is 374 g/mol. The summed E-state index contributed by atoms with van der Waals surface area (Å²) in [6, 6.07) is 4.72. The average molecular weight is 375 g/mol. The van der Waals surface area contributed by atoms with Gasteiger partial charge in [-0.25, -0.2) is 13.6 Å². The molecule has 0 radical (unpaired) electrons. The molecule has 0 spiro atoms. The minimum Gasteiger partial charge on any atom is -0.335 e. The van der Waals surface area contributed by atoms with Crippen LogP contribution in [0, 0.1) is 5.92 Å². The SMILES string of the molecule is CC(C)C1CCCN1C(=O)c1ccc(Br)c(S(N)(=O)=O)c1. The van der Waals surface area contributed by atoms with Gasteiger partial charge in [0.15, 0.2) is 0 Å². The van der Waals surface area contributed by atoms with Gasteiger partial charge in [-0.05, 0) is 52.9 Å². The largest absolute Gasteiger partial charge is 0.335 e. The number of halogens is 1. The summed E-state index contributed by atoms with van der Waals surface area (Å²) in [5, 5.41) is 5.17. The van der Waals surface area contributed by atoms with Crippen molar-refractivity contribution in [3.8, 4) is 0 Å². The van der Waals surface area contributed by atoms with Crippen LogP contribution in [0.3, 0.4) is 0 Å². The molecular weight excluding hydrogens is 356 g/mol. The summed E-state index contributed by atoms with van der Waals surface area (Å²) in [5.41, 5.74) is 0.356. The summed E-state index contributed by atoms with van der Waals surface area (Å²) in [7, 11) is -3.86. The van der Waals surface area contributed by atoms with Gasteiger partial charge in [-0.3, -0.25) is 4.79 Å². The summed E-state index contributed by atoms with van der Waals surface area (Å²) in [6.45, 7) is 4.89. The number of carbonyl (C=O) groups excluding carboxylic acids is 1. The average Bonchev–Trinajstić information content (AvgIpc) is 2.86. The van der Waals surface area contributed by atoms with E-state index in [1.807, 2.05) is 4.90 Å². The molecule has 1 amide bonds. The molecule has 7 heteroatoms. The standard InChI is InChI=1S/C14H19BrN2O3S/c1-9(2)12-4-3-7-17(12)14(18)10-5-6-11(15)13(8-10)21(16,19)20/h5-6,8-9,12H,3-4,7H2,1-2H3,(H2,16,19,20). The maximum atomic E-state index is 12.6. The number of primary sulfonamides is 1. The lowest BCUT2D eigenvalue weighted by molar-refractivity contribution is 0.0701. The highest BCUT2D eigenvalue weighted by Gasteiger charge is 2.31. The second kappa shape index (κ2) is 6.06. The van der Waals surface area contributed by atoms with Gasteiger partial charge in [-0.15, -0.1) is 0 Å². The van der Waals surface area contributed by atoms with Crippen molar-refractivity contribution >= 4 is 31.9 Å². The molecule has 2 N–H and O–H groups in total. The zero-order valence-corrected chi connectivity index (χ0v) is 14.4. The molecule has 21 heavy (non-hydrogen) atoms. The molecule has 1 aromatic rings. The quantitative estimate of drug-likeness (QED) is 0.881. The number of carbonyl (C=O) groups is 1. The number of hydrogen-bond acceptors (Lipinski definition) is 3. The Hall–Kier alpha value is -0.920. The third-order valence-corrected chi connectivity index (χ3v) is 5.72. The molecule has 1 aliphatic heterocycles. The van der Waals surface area contributed by atoms with E-state index in [2.05, 4.69) is 29.8 Å². The Balaban J connectivity index is 2.36. The van der Waals surface area contributed by atoms with Crippen LogP contribution in [0.5, 0.6) is 0 Å². The van der Waals surface area contributed by atoms with Crippen LogP contribution in [-0.4, -0.2) is 31.8 Å². The fraction of sp³-hybridized carbons (Fsp3) is 0.500. The Morgan fingerprint density at radius 1 is 1.43 bits per heavy atom. The summed E-state index contributed by atoms with van der Waals surface area (Å²) in [6.07, 6.45) is 1.97. The van der Waals surface area contributed by atoms with E-state index >= 15 is 0 Å². The van der Waals surface area contributed by atoms with Crippen molar-refractivity contribution in [2.24, 2.45) is 11.1 Å². The minimum absolute atomic E-state index is 0.0614. The number of amides is 1. The lowest BCUT2D eigenvalue weighted by Crippen LogP contribution is -2.38. The molecular formula is C14H19BrN2O3S. The summed E-state index contributed by atoms with van der Waals surface area (Å²) >= 11 is 3.15. The lowest BCUT2D eigenvalue weighted by Gasteiger charge is -2.28. The summed E-state index contributed by atoms with van der Waals surface area (Å²) < 4.78 is 23.5. The first kappa shape index (κ1) is 16.5. The highest BCUT2D eigenvalue weighted by molar-refractivity contribution is 9.10. The van der Waals surface area contributed by atoms with E-state index in [4.69, 9.17) is 5.14 Å². The number of hydrogen-bond donors (Lipinski definition) is 1. The molecule has 2 rings (SSSR count). The molecule has 1 heterocycles. The first-order valence-electron chi connectivity index (χ1n) is 6.85. The molecule has 1 atom stereocenters. The predicted octanol–water partition coefficient (Wildman–Crippen LogP) is 2.36. The Kier molecular flexibility index (Phi) is 4.75. The zero-order valence-electron chi connectivity index (χ0n) is 12.0. The number of likely N-dealkylation sites (tertiary alicyclic amines) is 1.